The Kier molecular flexibility index (Phi) is 4.08. The normalized spacial score (nSPS) is 13.2. The summed E-state index contributed by atoms with van der Waals surface area (Å²) in [6.45, 7) is 0.208. The first-order valence-electron chi connectivity index (χ1n) is 6.93. The van der Waals surface area contributed by atoms with Crippen LogP contribution in [0.5, 0.6) is 0 Å². The highest BCUT2D eigenvalue weighted by Crippen LogP contribution is 2.19. The predicted octanol–water partition coefficient (Wildman–Crippen LogP) is 1.76. The van der Waals surface area contributed by atoms with Gasteiger partial charge in [-0.15, -0.1) is 0 Å². The fourth-order valence-corrected chi connectivity index (χ4v) is 2.56. The summed E-state index contributed by atoms with van der Waals surface area (Å²) in [4.78, 5) is 41.3. The number of imide groups is 1. The second-order valence-electron chi connectivity index (χ2n) is 4.90. The van der Waals surface area contributed by atoms with Crippen LogP contribution in [-0.2, 0) is 0 Å². The lowest BCUT2D eigenvalue weighted by Gasteiger charge is -2.14. The molecule has 1 aliphatic rings. The average Bonchev–Trinajstić information content (AvgIpc) is 2.80. The summed E-state index contributed by atoms with van der Waals surface area (Å²) in [6, 6.07) is 9.81. The monoisotopic (exact) mass is 329 g/mol. The molecular formula is C16H12ClN3O3. The molecule has 2 heterocycles. The van der Waals surface area contributed by atoms with Gasteiger partial charge < -0.3 is 5.32 Å². The van der Waals surface area contributed by atoms with Gasteiger partial charge in [-0.05, 0) is 24.3 Å². The van der Waals surface area contributed by atoms with E-state index in [0.29, 0.717) is 10.6 Å². The van der Waals surface area contributed by atoms with Crippen LogP contribution in [0.4, 0.5) is 0 Å². The topological polar surface area (TPSA) is 79.4 Å². The number of carbonyl (C=O) groups is 3. The van der Waals surface area contributed by atoms with E-state index in [2.05, 4.69) is 10.3 Å². The van der Waals surface area contributed by atoms with Gasteiger partial charge in [-0.3, -0.25) is 24.3 Å². The summed E-state index contributed by atoms with van der Waals surface area (Å²) < 4.78 is 0. The summed E-state index contributed by atoms with van der Waals surface area (Å²) in [5.41, 5.74) is 0.781. The summed E-state index contributed by atoms with van der Waals surface area (Å²) >= 11 is 5.94. The molecule has 7 heteroatoms. The molecule has 3 rings (SSSR count). The Morgan fingerprint density at radius 3 is 2.65 bits per heavy atom. The third-order valence-corrected chi connectivity index (χ3v) is 3.80. The highest BCUT2D eigenvalue weighted by Gasteiger charge is 2.36. The summed E-state index contributed by atoms with van der Waals surface area (Å²) in [6.07, 6.45) is 1.46. The van der Waals surface area contributed by atoms with Crippen LogP contribution in [0, 0.1) is 0 Å². The number of nitrogens with one attached hydrogen (secondary N) is 1. The van der Waals surface area contributed by atoms with Crippen LogP contribution >= 0.6 is 11.6 Å². The molecule has 23 heavy (non-hydrogen) atoms. The Morgan fingerprint density at radius 2 is 1.91 bits per heavy atom. The summed E-state index contributed by atoms with van der Waals surface area (Å²) in [5, 5.41) is 2.99. The van der Waals surface area contributed by atoms with Crippen LogP contribution in [-0.4, -0.2) is 40.7 Å². The first kappa shape index (κ1) is 15.2. The van der Waals surface area contributed by atoms with Gasteiger partial charge in [-0.2, -0.15) is 0 Å². The minimum Gasteiger partial charge on any atom is -0.350 e. The van der Waals surface area contributed by atoms with Gasteiger partial charge in [0.2, 0.25) is 0 Å². The second kappa shape index (κ2) is 6.18. The van der Waals surface area contributed by atoms with Crippen molar-refractivity contribution in [1.29, 1.82) is 0 Å². The number of benzene rings is 1. The first-order valence-corrected chi connectivity index (χ1v) is 7.31. The first-order chi connectivity index (χ1) is 11.1. The van der Waals surface area contributed by atoms with E-state index in [1.165, 1.54) is 6.20 Å². The van der Waals surface area contributed by atoms with Crippen LogP contribution in [0.3, 0.4) is 0 Å². The fourth-order valence-electron chi connectivity index (χ4n) is 2.34. The van der Waals surface area contributed by atoms with Crippen molar-refractivity contribution in [3.05, 3.63) is 64.4 Å². The van der Waals surface area contributed by atoms with Gasteiger partial charge in [0.05, 0.1) is 16.1 Å². The fraction of sp³-hybridized carbons (Fsp3) is 0.125. The number of pyridine rings is 1. The van der Waals surface area contributed by atoms with Crippen molar-refractivity contribution in [2.45, 2.75) is 0 Å². The van der Waals surface area contributed by atoms with E-state index < -0.39 is 11.8 Å². The third kappa shape index (κ3) is 2.80. The Labute approximate surface area is 137 Å². The van der Waals surface area contributed by atoms with Crippen molar-refractivity contribution >= 4 is 29.3 Å². The van der Waals surface area contributed by atoms with Crippen molar-refractivity contribution in [2.75, 3.05) is 13.1 Å². The predicted molar refractivity (Wildman–Crippen MR) is 83.4 cm³/mol. The third-order valence-electron chi connectivity index (χ3n) is 3.47. The van der Waals surface area contributed by atoms with E-state index in [9.17, 15) is 14.4 Å². The standard InChI is InChI=1S/C16H12ClN3O3/c17-12-6-2-1-4-10(12)14(21)19-8-9-20-15(22)11-5-3-7-18-13(11)16(20)23/h1-7H,8-9H2,(H,19,21). The van der Waals surface area contributed by atoms with E-state index in [0.717, 1.165) is 4.90 Å². The molecule has 0 atom stereocenters. The zero-order chi connectivity index (χ0) is 16.4. The van der Waals surface area contributed by atoms with E-state index in [1.54, 1.807) is 36.4 Å². The highest BCUT2D eigenvalue weighted by molar-refractivity contribution is 6.33. The molecule has 1 aromatic heterocycles. The Balaban J connectivity index is 1.62. The number of rotatable bonds is 4. The summed E-state index contributed by atoms with van der Waals surface area (Å²) in [5.74, 6) is -1.20. The van der Waals surface area contributed by atoms with Gasteiger partial charge in [0.15, 0.2) is 0 Å². The quantitative estimate of drug-likeness (QED) is 0.867. The molecule has 1 aromatic carbocycles. The van der Waals surface area contributed by atoms with Crippen molar-refractivity contribution in [1.82, 2.24) is 15.2 Å². The smallest absolute Gasteiger partial charge is 0.280 e. The van der Waals surface area contributed by atoms with Crippen LogP contribution < -0.4 is 5.32 Å². The molecule has 116 valence electrons. The molecular weight excluding hydrogens is 318 g/mol. The number of amides is 3. The molecule has 0 bridgehead atoms. The van der Waals surface area contributed by atoms with Gasteiger partial charge in [-0.25, -0.2) is 0 Å². The van der Waals surface area contributed by atoms with Crippen LogP contribution in [0.2, 0.25) is 5.02 Å². The van der Waals surface area contributed by atoms with Gasteiger partial charge in [-0.1, -0.05) is 23.7 Å². The molecule has 2 aromatic rings. The van der Waals surface area contributed by atoms with E-state index in [-0.39, 0.29) is 30.3 Å². The van der Waals surface area contributed by atoms with Crippen molar-refractivity contribution in [3.8, 4) is 0 Å². The highest BCUT2D eigenvalue weighted by atomic mass is 35.5. The zero-order valence-corrected chi connectivity index (χ0v) is 12.7. The molecule has 0 radical (unpaired) electrons. The maximum atomic E-state index is 12.1. The second-order valence-corrected chi connectivity index (χ2v) is 5.30. The van der Waals surface area contributed by atoms with Gasteiger partial charge in [0.1, 0.15) is 5.69 Å². The van der Waals surface area contributed by atoms with Crippen LogP contribution in [0.25, 0.3) is 0 Å². The molecule has 3 amide bonds. The van der Waals surface area contributed by atoms with E-state index >= 15 is 0 Å². The van der Waals surface area contributed by atoms with Gasteiger partial charge >= 0.3 is 0 Å². The lowest BCUT2D eigenvalue weighted by atomic mass is 10.2. The number of hydrogen-bond donors (Lipinski definition) is 1. The number of hydrogen-bond acceptors (Lipinski definition) is 4. The van der Waals surface area contributed by atoms with Crippen LogP contribution in [0.15, 0.2) is 42.6 Å². The van der Waals surface area contributed by atoms with Crippen molar-refractivity contribution in [3.63, 3.8) is 0 Å². The SMILES string of the molecule is O=C(NCCN1C(=O)c2cccnc2C1=O)c1ccccc1Cl. The average molecular weight is 330 g/mol. The largest absolute Gasteiger partial charge is 0.350 e. The van der Waals surface area contributed by atoms with Gasteiger partial charge in [0, 0.05) is 19.3 Å². The minimum absolute atomic E-state index is 0.0736. The lowest BCUT2D eigenvalue weighted by Crippen LogP contribution is -2.38. The molecule has 1 N–H and O–H groups in total. The maximum absolute atomic E-state index is 12.1. The number of carbonyl (C=O) groups excluding carboxylic acids is 3. The lowest BCUT2D eigenvalue weighted by molar-refractivity contribution is 0.0648. The number of fused-ring (bicyclic) bond motifs is 1. The van der Waals surface area contributed by atoms with E-state index in [1.807, 2.05) is 0 Å². The van der Waals surface area contributed by atoms with Crippen LogP contribution in [0.1, 0.15) is 31.2 Å². The number of aromatic nitrogens is 1. The maximum Gasteiger partial charge on any atom is 0.280 e. The minimum atomic E-state index is -0.447. The molecule has 6 nitrogen and oxygen atoms in total. The Bertz CT molecular complexity index is 772. The Morgan fingerprint density at radius 1 is 1.13 bits per heavy atom. The van der Waals surface area contributed by atoms with Crippen molar-refractivity contribution in [2.24, 2.45) is 0 Å². The van der Waals surface area contributed by atoms with Crippen molar-refractivity contribution < 1.29 is 14.4 Å². The Hall–Kier alpha value is -2.73. The molecule has 0 fully saturated rings. The van der Waals surface area contributed by atoms with Gasteiger partial charge in [0.25, 0.3) is 17.7 Å². The molecule has 0 saturated heterocycles. The number of nitrogens with zero attached hydrogens (tertiary/aromatic N) is 2. The molecule has 0 saturated carbocycles. The summed E-state index contributed by atoms with van der Waals surface area (Å²) in [7, 11) is 0. The molecule has 1 aliphatic heterocycles. The molecule has 0 unspecified atom stereocenters. The molecule has 0 aliphatic carbocycles. The molecule has 0 spiro atoms. The van der Waals surface area contributed by atoms with E-state index in [4.69, 9.17) is 11.6 Å². The zero-order valence-electron chi connectivity index (χ0n) is 12.0. The number of halogens is 1.